The minimum Gasteiger partial charge on any atom is -0.355 e. The highest BCUT2D eigenvalue weighted by Gasteiger charge is 2.45. The van der Waals surface area contributed by atoms with Crippen molar-refractivity contribution >= 4 is 29.3 Å². The highest BCUT2D eigenvalue weighted by Crippen LogP contribution is 2.44. The maximum atomic E-state index is 12.8. The summed E-state index contributed by atoms with van der Waals surface area (Å²) in [6.07, 6.45) is 3.54. The normalized spacial score (nSPS) is 15.6. The van der Waals surface area contributed by atoms with Crippen molar-refractivity contribution in [1.82, 2.24) is 20.1 Å². The number of carbonyl (C=O) groups excluding carboxylic acids is 1. The molecule has 134 valence electrons. The second-order valence-corrected chi connectivity index (χ2v) is 8.01. The fourth-order valence-electron chi connectivity index (χ4n) is 3.22. The number of thioether (sulfide) groups is 1. The van der Waals surface area contributed by atoms with E-state index in [4.69, 9.17) is 11.6 Å². The molecule has 1 saturated carbocycles. The monoisotopic (exact) mass is 378 g/mol. The summed E-state index contributed by atoms with van der Waals surface area (Å²) in [5, 5.41) is 13.1. The highest BCUT2D eigenvalue weighted by molar-refractivity contribution is 7.99. The Bertz CT molecular complexity index is 740. The summed E-state index contributed by atoms with van der Waals surface area (Å²) >= 11 is 7.64. The lowest BCUT2D eigenvalue weighted by Crippen LogP contribution is -2.49. The minimum atomic E-state index is -0.395. The first-order valence-electron chi connectivity index (χ1n) is 8.62. The molecule has 0 spiro atoms. The number of hydrogen-bond acceptors (Lipinski definition) is 4. The van der Waals surface area contributed by atoms with Gasteiger partial charge in [0.05, 0.1) is 5.41 Å². The number of amides is 1. The van der Waals surface area contributed by atoms with E-state index in [0.717, 1.165) is 41.6 Å². The van der Waals surface area contributed by atoms with Gasteiger partial charge in [-0.3, -0.25) is 4.79 Å². The molecule has 0 aliphatic heterocycles. The molecule has 0 radical (unpaired) electrons. The molecule has 7 heteroatoms. The third kappa shape index (κ3) is 3.70. The van der Waals surface area contributed by atoms with Gasteiger partial charge in [-0.05, 0) is 36.3 Å². The highest BCUT2D eigenvalue weighted by atomic mass is 35.5. The smallest absolute Gasteiger partial charge is 0.230 e. The standard InChI is InChI=1S/C18H23ClN4OS/c1-3-25-17-22-21-15(23(17)2)9-12-20-16(24)18(10-4-11-18)13-5-7-14(19)8-6-13/h5-8H,3-4,9-12H2,1-2H3,(H,20,24). The van der Waals surface area contributed by atoms with Crippen LogP contribution in [0, 0.1) is 0 Å². The van der Waals surface area contributed by atoms with Gasteiger partial charge in [0.2, 0.25) is 5.91 Å². The van der Waals surface area contributed by atoms with Crippen molar-refractivity contribution in [2.75, 3.05) is 12.3 Å². The first-order chi connectivity index (χ1) is 12.1. The van der Waals surface area contributed by atoms with E-state index >= 15 is 0 Å². The molecule has 25 heavy (non-hydrogen) atoms. The average molecular weight is 379 g/mol. The summed E-state index contributed by atoms with van der Waals surface area (Å²) < 4.78 is 2.00. The van der Waals surface area contributed by atoms with Crippen LogP contribution in [0.2, 0.25) is 5.02 Å². The fraction of sp³-hybridized carbons (Fsp3) is 0.500. The van der Waals surface area contributed by atoms with Crippen LogP contribution in [0.3, 0.4) is 0 Å². The maximum Gasteiger partial charge on any atom is 0.230 e. The molecule has 1 aromatic heterocycles. The minimum absolute atomic E-state index is 0.103. The number of nitrogens with one attached hydrogen (secondary N) is 1. The van der Waals surface area contributed by atoms with Gasteiger partial charge in [0, 0.05) is 25.0 Å². The van der Waals surface area contributed by atoms with Crippen LogP contribution in [-0.4, -0.2) is 33.0 Å². The SMILES string of the molecule is CCSc1nnc(CCNC(=O)C2(c3ccc(Cl)cc3)CCC2)n1C. The van der Waals surface area contributed by atoms with Crippen LogP contribution < -0.4 is 5.32 Å². The summed E-state index contributed by atoms with van der Waals surface area (Å²) in [7, 11) is 1.97. The summed E-state index contributed by atoms with van der Waals surface area (Å²) in [6, 6.07) is 7.66. The summed E-state index contributed by atoms with van der Waals surface area (Å²) in [4.78, 5) is 12.8. The molecule has 5 nitrogen and oxygen atoms in total. The van der Waals surface area contributed by atoms with E-state index in [1.807, 2.05) is 35.9 Å². The van der Waals surface area contributed by atoms with Gasteiger partial charge in [0.1, 0.15) is 5.82 Å². The van der Waals surface area contributed by atoms with Crippen molar-refractivity contribution in [2.24, 2.45) is 7.05 Å². The Labute approximate surface area is 157 Å². The Morgan fingerprint density at radius 1 is 1.32 bits per heavy atom. The number of hydrogen-bond donors (Lipinski definition) is 1. The maximum absolute atomic E-state index is 12.8. The largest absolute Gasteiger partial charge is 0.355 e. The zero-order valence-electron chi connectivity index (χ0n) is 14.6. The van der Waals surface area contributed by atoms with Crippen LogP contribution in [0.4, 0.5) is 0 Å². The van der Waals surface area contributed by atoms with Crippen LogP contribution >= 0.6 is 23.4 Å². The van der Waals surface area contributed by atoms with Crippen molar-refractivity contribution < 1.29 is 4.79 Å². The average Bonchev–Trinajstić information content (AvgIpc) is 2.89. The van der Waals surface area contributed by atoms with Crippen molar-refractivity contribution in [3.8, 4) is 0 Å². The summed E-state index contributed by atoms with van der Waals surface area (Å²) in [5.41, 5.74) is 0.661. The van der Waals surface area contributed by atoms with E-state index in [2.05, 4.69) is 22.4 Å². The molecule has 1 aliphatic carbocycles. The molecule has 0 unspecified atom stereocenters. The number of nitrogens with zero attached hydrogens (tertiary/aromatic N) is 3. The van der Waals surface area contributed by atoms with Crippen molar-refractivity contribution in [3.05, 3.63) is 40.7 Å². The van der Waals surface area contributed by atoms with E-state index in [9.17, 15) is 4.79 Å². The second kappa shape index (κ2) is 7.79. The van der Waals surface area contributed by atoms with Gasteiger partial charge in [0.15, 0.2) is 5.16 Å². The number of benzene rings is 1. The molecular weight excluding hydrogens is 356 g/mol. The van der Waals surface area contributed by atoms with Crippen molar-refractivity contribution in [1.29, 1.82) is 0 Å². The van der Waals surface area contributed by atoms with Crippen LogP contribution in [0.5, 0.6) is 0 Å². The zero-order chi connectivity index (χ0) is 17.9. The lowest BCUT2D eigenvalue weighted by Gasteiger charge is -2.40. The Balaban J connectivity index is 1.61. The number of aromatic nitrogens is 3. The van der Waals surface area contributed by atoms with Crippen LogP contribution in [-0.2, 0) is 23.7 Å². The van der Waals surface area contributed by atoms with E-state index in [1.54, 1.807) is 11.8 Å². The zero-order valence-corrected chi connectivity index (χ0v) is 16.2. The van der Waals surface area contributed by atoms with Crippen molar-refractivity contribution in [2.45, 2.75) is 43.2 Å². The molecule has 0 bridgehead atoms. The molecule has 1 amide bonds. The molecule has 3 rings (SSSR count). The molecule has 1 aromatic carbocycles. The van der Waals surface area contributed by atoms with Crippen LogP contribution in [0.15, 0.2) is 29.4 Å². The molecule has 1 N–H and O–H groups in total. The van der Waals surface area contributed by atoms with Crippen LogP contribution in [0.25, 0.3) is 0 Å². The molecule has 0 saturated heterocycles. The van der Waals surface area contributed by atoms with Gasteiger partial charge in [0.25, 0.3) is 0 Å². The van der Waals surface area contributed by atoms with E-state index in [-0.39, 0.29) is 5.91 Å². The summed E-state index contributed by atoms with van der Waals surface area (Å²) in [6.45, 7) is 2.66. The Hall–Kier alpha value is -1.53. The van der Waals surface area contributed by atoms with Gasteiger partial charge < -0.3 is 9.88 Å². The second-order valence-electron chi connectivity index (χ2n) is 6.34. The Morgan fingerprint density at radius 2 is 2.04 bits per heavy atom. The quantitative estimate of drug-likeness (QED) is 0.750. The van der Waals surface area contributed by atoms with Gasteiger partial charge in [-0.1, -0.05) is 48.8 Å². The van der Waals surface area contributed by atoms with Crippen molar-refractivity contribution in [3.63, 3.8) is 0 Å². The van der Waals surface area contributed by atoms with Gasteiger partial charge in [-0.2, -0.15) is 0 Å². The first-order valence-corrected chi connectivity index (χ1v) is 9.98. The van der Waals surface area contributed by atoms with Gasteiger partial charge in [-0.25, -0.2) is 0 Å². The van der Waals surface area contributed by atoms with E-state index < -0.39 is 5.41 Å². The molecule has 1 heterocycles. The van der Waals surface area contributed by atoms with Crippen LogP contribution in [0.1, 0.15) is 37.6 Å². The lowest BCUT2D eigenvalue weighted by atomic mass is 9.64. The number of carbonyl (C=O) groups is 1. The number of halogens is 1. The predicted molar refractivity (Wildman–Crippen MR) is 101 cm³/mol. The van der Waals surface area contributed by atoms with Gasteiger partial charge in [-0.15, -0.1) is 10.2 Å². The van der Waals surface area contributed by atoms with Gasteiger partial charge >= 0.3 is 0 Å². The molecule has 1 aliphatic rings. The molecule has 2 aromatic rings. The fourth-order valence-corrected chi connectivity index (χ4v) is 4.00. The van der Waals surface area contributed by atoms with E-state index in [1.165, 1.54) is 0 Å². The number of rotatable bonds is 7. The summed E-state index contributed by atoms with van der Waals surface area (Å²) in [5.74, 6) is 1.96. The molecular formula is C18H23ClN4OS. The third-order valence-electron chi connectivity index (χ3n) is 4.87. The van der Waals surface area contributed by atoms with E-state index in [0.29, 0.717) is 18.0 Å². The Kier molecular flexibility index (Phi) is 5.69. The molecule has 1 fully saturated rings. The Morgan fingerprint density at radius 3 is 2.64 bits per heavy atom. The third-order valence-corrected chi connectivity index (χ3v) is 6.03. The lowest BCUT2D eigenvalue weighted by molar-refractivity contribution is -0.129. The molecule has 0 atom stereocenters. The predicted octanol–water partition coefficient (Wildman–Crippen LogP) is 3.36. The topological polar surface area (TPSA) is 59.8 Å². The first kappa shape index (κ1) is 18.3.